The average Bonchev–Trinajstić information content (AvgIpc) is 3.34. The van der Waals surface area contributed by atoms with Gasteiger partial charge in [-0.15, -0.1) is 11.3 Å². The smallest absolute Gasteiger partial charge is 0.0976 e. The van der Waals surface area contributed by atoms with Gasteiger partial charge in [-0.1, -0.05) is 26.0 Å². The fraction of sp³-hybridized carbons (Fsp3) is 0.625. The number of unbranched alkanes of at least 4 members (excludes halogenated alkanes) is 2. The van der Waals surface area contributed by atoms with Gasteiger partial charge in [-0.3, -0.25) is 0 Å². The number of aliphatic hydroxyl groups excluding tert-OH is 1. The van der Waals surface area contributed by atoms with Crippen molar-refractivity contribution >= 4 is 11.3 Å². The molecule has 1 aliphatic carbocycles. The molecular weight excluding hydrogens is 364 g/mol. The Morgan fingerprint density at radius 3 is 3.00 bits per heavy atom. The van der Waals surface area contributed by atoms with E-state index in [0.29, 0.717) is 17.9 Å². The minimum Gasteiger partial charge on any atom is -0.396 e. The summed E-state index contributed by atoms with van der Waals surface area (Å²) in [7, 11) is 0. The third-order valence-corrected chi connectivity index (χ3v) is 7.66. The highest BCUT2D eigenvalue weighted by Gasteiger charge is 2.28. The van der Waals surface area contributed by atoms with E-state index >= 15 is 0 Å². The van der Waals surface area contributed by atoms with Gasteiger partial charge >= 0.3 is 0 Å². The number of hydrogen-bond acceptors (Lipinski definition) is 4. The van der Waals surface area contributed by atoms with Crippen molar-refractivity contribution in [1.29, 1.82) is 0 Å². The van der Waals surface area contributed by atoms with Crippen molar-refractivity contribution in [3.63, 3.8) is 0 Å². The molecule has 2 aliphatic rings. The van der Waals surface area contributed by atoms with Gasteiger partial charge in [0.1, 0.15) is 0 Å². The maximum absolute atomic E-state index is 8.92. The molecule has 4 rings (SSSR count). The topological polar surface area (TPSA) is 36.4 Å². The average molecular weight is 399 g/mol. The van der Waals surface area contributed by atoms with E-state index < -0.39 is 0 Å². The maximum Gasteiger partial charge on any atom is 0.0976 e. The van der Waals surface area contributed by atoms with Crippen molar-refractivity contribution in [2.75, 3.05) is 26.2 Å². The van der Waals surface area contributed by atoms with Crippen LogP contribution in [0.1, 0.15) is 74.4 Å². The molecule has 1 saturated heterocycles. The Morgan fingerprint density at radius 2 is 2.14 bits per heavy atom. The SMILES string of the molecule is CC1(C)CCCc2cc(-c3csc(C4CCN(CCCCCO)C4)n3)ccc21. The summed E-state index contributed by atoms with van der Waals surface area (Å²) in [6, 6.07) is 7.04. The third kappa shape index (κ3) is 4.34. The summed E-state index contributed by atoms with van der Waals surface area (Å²) in [5.74, 6) is 0.591. The van der Waals surface area contributed by atoms with E-state index in [4.69, 9.17) is 10.1 Å². The van der Waals surface area contributed by atoms with Crippen molar-refractivity contribution in [2.45, 2.75) is 70.1 Å². The first-order chi connectivity index (χ1) is 13.6. The van der Waals surface area contributed by atoms with Crippen LogP contribution in [0.4, 0.5) is 0 Å². The molecule has 1 aromatic heterocycles. The first kappa shape index (κ1) is 20.1. The van der Waals surface area contributed by atoms with Crippen molar-refractivity contribution in [2.24, 2.45) is 0 Å². The lowest BCUT2D eigenvalue weighted by Gasteiger charge is -2.32. The first-order valence-corrected chi connectivity index (χ1v) is 11.9. The number of fused-ring (bicyclic) bond motifs is 1. The highest BCUT2D eigenvalue weighted by Crippen LogP contribution is 2.39. The number of hydrogen-bond donors (Lipinski definition) is 1. The zero-order chi connectivity index (χ0) is 19.6. The molecule has 0 radical (unpaired) electrons. The molecule has 1 aliphatic heterocycles. The van der Waals surface area contributed by atoms with E-state index in [1.807, 2.05) is 11.3 Å². The number of benzene rings is 1. The quantitative estimate of drug-likeness (QED) is 0.637. The summed E-state index contributed by atoms with van der Waals surface area (Å²) in [5.41, 5.74) is 5.82. The number of nitrogens with zero attached hydrogens (tertiary/aromatic N) is 2. The molecule has 4 heteroatoms. The van der Waals surface area contributed by atoms with Gasteiger partial charge < -0.3 is 10.0 Å². The van der Waals surface area contributed by atoms with Crippen molar-refractivity contribution in [3.05, 3.63) is 39.7 Å². The number of aliphatic hydroxyl groups is 1. The van der Waals surface area contributed by atoms with Gasteiger partial charge in [0.15, 0.2) is 0 Å². The molecular formula is C24H34N2OS. The second-order valence-corrected chi connectivity index (χ2v) is 10.1. The highest BCUT2D eigenvalue weighted by atomic mass is 32.1. The second-order valence-electron chi connectivity index (χ2n) is 9.25. The Hall–Kier alpha value is -1.23. The summed E-state index contributed by atoms with van der Waals surface area (Å²) in [6.07, 6.45) is 8.28. The molecule has 1 unspecified atom stereocenters. The maximum atomic E-state index is 8.92. The molecule has 2 heterocycles. The standard InChI is InChI=1S/C24H34N2OS/c1-24(2)11-6-7-18-15-19(8-9-21(18)24)22-17-28-23(25-22)20-10-13-26(16-20)12-4-3-5-14-27/h8-9,15,17,20,27H,3-7,10-14,16H2,1-2H3. The largest absolute Gasteiger partial charge is 0.396 e. The van der Waals surface area contributed by atoms with E-state index in [9.17, 15) is 0 Å². The predicted molar refractivity (Wildman–Crippen MR) is 118 cm³/mol. The number of thiazole rings is 1. The molecule has 1 fully saturated rings. The molecule has 1 aromatic carbocycles. The highest BCUT2D eigenvalue weighted by molar-refractivity contribution is 7.10. The first-order valence-electron chi connectivity index (χ1n) is 11.0. The molecule has 1 N–H and O–H groups in total. The summed E-state index contributed by atoms with van der Waals surface area (Å²) in [6.45, 7) is 8.57. The second kappa shape index (κ2) is 8.64. The fourth-order valence-corrected chi connectivity index (χ4v) is 5.90. The van der Waals surface area contributed by atoms with Crippen LogP contribution >= 0.6 is 11.3 Å². The van der Waals surface area contributed by atoms with Gasteiger partial charge in [0.2, 0.25) is 0 Å². The van der Waals surface area contributed by atoms with E-state index in [1.165, 1.54) is 60.3 Å². The van der Waals surface area contributed by atoms with Crippen molar-refractivity contribution in [3.8, 4) is 11.3 Å². The van der Waals surface area contributed by atoms with Gasteiger partial charge in [-0.2, -0.15) is 0 Å². The Morgan fingerprint density at radius 1 is 1.25 bits per heavy atom. The minimum absolute atomic E-state index is 0.309. The normalized spacial score (nSPS) is 21.8. The molecule has 1 atom stereocenters. The molecule has 0 bridgehead atoms. The zero-order valence-corrected chi connectivity index (χ0v) is 18.2. The van der Waals surface area contributed by atoms with Gasteiger partial charge in [-0.25, -0.2) is 4.98 Å². The number of rotatable bonds is 7. The van der Waals surface area contributed by atoms with E-state index in [1.54, 1.807) is 0 Å². The minimum atomic E-state index is 0.309. The van der Waals surface area contributed by atoms with E-state index in [0.717, 1.165) is 31.6 Å². The van der Waals surface area contributed by atoms with Crippen LogP contribution in [0.3, 0.4) is 0 Å². The van der Waals surface area contributed by atoms with Crippen LogP contribution in [0.5, 0.6) is 0 Å². The molecule has 3 nitrogen and oxygen atoms in total. The van der Waals surface area contributed by atoms with Crippen molar-refractivity contribution in [1.82, 2.24) is 9.88 Å². The lowest BCUT2D eigenvalue weighted by Crippen LogP contribution is -2.23. The summed E-state index contributed by atoms with van der Waals surface area (Å²) < 4.78 is 0. The summed E-state index contributed by atoms with van der Waals surface area (Å²) in [4.78, 5) is 7.62. The van der Waals surface area contributed by atoms with Gasteiger partial charge in [0, 0.05) is 30.0 Å². The fourth-order valence-electron chi connectivity index (χ4n) is 4.94. The third-order valence-electron chi connectivity index (χ3n) is 6.65. The van der Waals surface area contributed by atoms with E-state index in [2.05, 4.69) is 42.3 Å². The molecule has 0 amide bonds. The van der Waals surface area contributed by atoms with Crippen LogP contribution in [-0.2, 0) is 11.8 Å². The Kier molecular flexibility index (Phi) is 6.19. The van der Waals surface area contributed by atoms with Crippen LogP contribution in [0.15, 0.2) is 23.6 Å². The van der Waals surface area contributed by atoms with Gasteiger partial charge in [-0.05, 0) is 80.6 Å². The number of aryl methyl sites for hydroxylation is 1. The summed E-state index contributed by atoms with van der Waals surface area (Å²) >= 11 is 1.84. The monoisotopic (exact) mass is 398 g/mol. The van der Waals surface area contributed by atoms with Crippen LogP contribution in [-0.4, -0.2) is 41.2 Å². The van der Waals surface area contributed by atoms with Crippen LogP contribution in [0.25, 0.3) is 11.3 Å². The van der Waals surface area contributed by atoms with Gasteiger partial charge in [0.05, 0.1) is 10.7 Å². The molecule has 28 heavy (non-hydrogen) atoms. The lowest BCUT2D eigenvalue weighted by molar-refractivity contribution is 0.272. The Labute approximate surface area is 173 Å². The Balaban J connectivity index is 1.41. The lowest BCUT2D eigenvalue weighted by atomic mass is 9.72. The zero-order valence-electron chi connectivity index (χ0n) is 17.4. The van der Waals surface area contributed by atoms with Crippen LogP contribution < -0.4 is 0 Å². The number of likely N-dealkylation sites (tertiary alicyclic amines) is 1. The molecule has 0 spiro atoms. The molecule has 2 aromatic rings. The predicted octanol–water partition coefficient (Wildman–Crippen LogP) is 5.38. The molecule has 0 saturated carbocycles. The molecule has 152 valence electrons. The van der Waals surface area contributed by atoms with Crippen molar-refractivity contribution < 1.29 is 5.11 Å². The van der Waals surface area contributed by atoms with Crippen LogP contribution in [0, 0.1) is 0 Å². The Bertz CT molecular complexity index is 798. The van der Waals surface area contributed by atoms with E-state index in [-0.39, 0.29) is 0 Å². The van der Waals surface area contributed by atoms with Gasteiger partial charge in [0.25, 0.3) is 0 Å². The van der Waals surface area contributed by atoms with Crippen LogP contribution in [0.2, 0.25) is 0 Å². The number of aromatic nitrogens is 1. The summed E-state index contributed by atoms with van der Waals surface area (Å²) in [5, 5.41) is 12.5.